The van der Waals surface area contributed by atoms with E-state index in [1.807, 2.05) is 6.07 Å². The van der Waals surface area contributed by atoms with Crippen LogP contribution in [-0.2, 0) is 10.6 Å². The van der Waals surface area contributed by atoms with Crippen molar-refractivity contribution in [2.75, 3.05) is 13.2 Å². The summed E-state index contributed by atoms with van der Waals surface area (Å²) in [5.41, 5.74) is 2.27. The lowest BCUT2D eigenvalue weighted by molar-refractivity contribution is 0.175. The molecule has 1 aromatic heterocycles. The van der Waals surface area contributed by atoms with Gasteiger partial charge in [-0.2, -0.15) is 0 Å². The molecule has 0 aliphatic carbocycles. The molecule has 0 saturated carbocycles. The number of benzene rings is 1. The Morgan fingerprint density at radius 1 is 1.55 bits per heavy atom. The summed E-state index contributed by atoms with van der Waals surface area (Å²) in [5, 5.41) is 0. The van der Waals surface area contributed by atoms with Gasteiger partial charge in [0, 0.05) is 24.6 Å². The molecule has 0 radical (unpaired) electrons. The maximum atomic E-state index is 13.7. The predicted molar refractivity (Wildman–Crippen MR) is 77.6 cm³/mol. The summed E-state index contributed by atoms with van der Waals surface area (Å²) in [5.74, 6) is 1.36. The second-order valence-electron chi connectivity index (χ2n) is 5.49. The van der Waals surface area contributed by atoms with Crippen LogP contribution in [0.3, 0.4) is 0 Å². The quantitative estimate of drug-likeness (QED) is 0.805. The van der Waals surface area contributed by atoms with Crippen LogP contribution in [0.4, 0.5) is 4.39 Å². The molecular weight excluding hydrogens is 279 g/mol. The summed E-state index contributed by atoms with van der Waals surface area (Å²) in [7, 11) is 0. The van der Waals surface area contributed by atoms with E-state index >= 15 is 0 Å². The predicted octanol–water partition coefficient (Wildman–Crippen LogP) is 3.82. The number of hydrogen-bond acceptors (Lipinski definition) is 2. The fourth-order valence-electron chi connectivity index (χ4n) is 2.96. The smallest absolute Gasteiger partial charge is 0.128 e. The zero-order chi connectivity index (χ0) is 14.3. The number of imidazole rings is 1. The number of nitrogens with zero attached hydrogens (tertiary/aromatic N) is 2. The van der Waals surface area contributed by atoms with E-state index in [1.165, 1.54) is 6.07 Å². The molecular formula is C15H18ClFN2O. The molecule has 1 fully saturated rings. The molecule has 0 bridgehead atoms. The van der Waals surface area contributed by atoms with Crippen LogP contribution in [0, 0.1) is 18.7 Å². The normalized spacial score (nSPS) is 20.7. The average molecular weight is 297 g/mol. The Kier molecular flexibility index (Phi) is 3.69. The highest BCUT2D eigenvalue weighted by Crippen LogP contribution is 2.32. The molecule has 2 heterocycles. The second kappa shape index (κ2) is 5.34. The largest absolute Gasteiger partial charge is 0.381 e. The lowest BCUT2D eigenvalue weighted by atomic mass is 10.00. The first-order valence-electron chi connectivity index (χ1n) is 6.92. The Balaban J connectivity index is 2.13. The Morgan fingerprint density at radius 2 is 2.35 bits per heavy atom. The maximum absolute atomic E-state index is 13.7. The van der Waals surface area contributed by atoms with Gasteiger partial charge in [-0.05, 0) is 31.9 Å². The van der Waals surface area contributed by atoms with Gasteiger partial charge in [-0.25, -0.2) is 9.37 Å². The van der Waals surface area contributed by atoms with Crippen molar-refractivity contribution in [3.05, 3.63) is 29.3 Å². The number of hydrogen-bond donors (Lipinski definition) is 0. The van der Waals surface area contributed by atoms with Gasteiger partial charge in [0.25, 0.3) is 0 Å². The Hall–Kier alpha value is -1.13. The van der Waals surface area contributed by atoms with Gasteiger partial charge in [-0.1, -0.05) is 0 Å². The first-order valence-corrected chi connectivity index (χ1v) is 7.46. The highest BCUT2D eigenvalue weighted by Gasteiger charge is 2.26. The molecule has 3 nitrogen and oxygen atoms in total. The average Bonchev–Trinajstić information content (AvgIpc) is 3.06. The minimum atomic E-state index is -0.222. The molecule has 2 atom stereocenters. The van der Waals surface area contributed by atoms with E-state index in [0.29, 0.717) is 22.9 Å². The minimum Gasteiger partial charge on any atom is -0.381 e. The van der Waals surface area contributed by atoms with Crippen LogP contribution < -0.4 is 0 Å². The number of rotatable bonds is 3. The number of aryl methyl sites for hydroxylation is 1. The van der Waals surface area contributed by atoms with Crippen LogP contribution in [0.15, 0.2) is 12.1 Å². The molecule has 5 heteroatoms. The first-order chi connectivity index (χ1) is 9.61. The fraction of sp³-hybridized carbons (Fsp3) is 0.533. The third-order valence-electron chi connectivity index (χ3n) is 4.22. The van der Waals surface area contributed by atoms with Crippen LogP contribution in [-0.4, -0.2) is 22.8 Å². The molecule has 2 unspecified atom stereocenters. The molecule has 1 aliphatic heterocycles. The van der Waals surface area contributed by atoms with Crippen LogP contribution in [0.25, 0.3) is 11.0 Å². The molecule has 108 valence electrons. The zero-order valence-corrected chi connectivity index (χ0v) is 12.5. The van der Waals surface area contributed by atoms with Crippen molar-refractivity contribution in [1.29, 1.82) is 0 Å². The lowest BCUT2D eigenvalue weighted by Crippen LogP contribution is -2.18. The monoisotopic (exact) mass is 296 g/mol. The minimum absolute atomic E-state index is 0.222. The third-order valence-corrected chi connectivity index (χ3v) is 4.46. The summed E-state index contributed by atoms with van der Waals surface area (Å²) in [6, 6.07) is 3.61. The van der Waals surface area contributed by atoms with Crippen molar-refractivity contribution >= 4 is 22.6 Å². The van der Waals surface area contributed by atoms with Gasteiger partial charge < -0.3 is 9.30 Å². The number of aromatic nitrogens is 2. The maximum Gasteiger partial charge on any atom is 0.128 e. The zero-order valence-electron chi connectivity index (χ0n) is 11.7. The highest BCUT2D eigenvalue weighted by molar-refractivity contribution is 6.16. The van der Waals surface area contributed by atoms with Crippen molar-refractivity contribution in [1.82, 2.24) is 9.55 Å². The number of halogens is 2. The number of fused-ring (bicyclic) bond motifs is 1. The van der Waals surface area contributed by atoms with Gasteiger partial charge >= 0.3 is 0 Å². The van der Waals surface area contributed by atoms with Crippen LogP contribution in [0.1, 0.15) is 30.8 Å². The molecule has 3 rings (SSSR count). The van der Waals surface area contributed by atoms with Gasteiger partial charge in [-0.15, -0.1) is 11.6 Å². The van der Waals surface area contributed by atoms with Crippen molar-refractivity contribution in [3.8, 4) is 0 Å². The van der Waals surface area contributed by atoms with Gasteiger partial charge in [0.2, 0.25) is 0 Å². The molecule has 1 aromatic carbocycles. The number of alkyl halides is 1. The summed E-state index contributed by atoms with van der Waals surface area (Å²) in [6.45, 7) is 5.51. The van der Waals surface area contributed by atoms with E-state index in [9.17, 15) is 4.39 Å². The summed E-state index contributed by atoms with van der Waals surface area (Å²) in [6.07, 6.45) is 1.04. The molecule has 1 saturated heterocycles. The van der Waals surface area contributed by atoms with Crippen LogP contribution >= 0.6 is 11.6 Å². The lowest BCUT2D eigenvalue weighted by Gasteiger charge is -2.22. The van der Waals surface area contributed by atoms with Crippen molar-refractivity contribution in [2.24, 2.45) is 5.92 Å². The molecule has 2 aromatic rings. The van der Waals surface area contributed by atoms with E-state index in [-0.39, 0.29) is 11.9 Å². The van der Waals surface area contributed by atoms with E-state index in [4.69, 9.17) is 16.3 Å². The fourth-order valence-corrected chi connectivity index (χ4v) is 3.15. The Morgan fingerprint density at radius 3 is 3.00 bits per heavy atom. The van der Waals surface area contributed by atoms with E-state index in [2.05, 4.69) is 16.5 Å². The van der Waals surface area contributed by atoms with E-state index in [0.717, 1.165) is 31.0 Å². The van der Waals surface area contributed by atoms with Gasteiger partial charge in [0.15, 0.2) is 0 Å². The summed E-state index contributed by atoms with van der Waals surface area (Å²) in [4.78, 5) is 4.48. The standard InChI is InChI=1S/C15H18ClFN2O/c1-9-5-14-13(6-12(9)17)18-15(7-16)19(14)10(2)11-3-4-20-8-11/h5-6,10-11H,3-4,7-8H2,1-2H3. The van der Waals surface area contributed by atoms with Crippen LogP contribution in [0.2, 0.25) is 0 Å². The Labute approximate surface area is 122 Å². The summed E-state index contributed by atoms with van der Waals surface area (Å²) >= 11 is 6.03. The van der Waals surface area contributed by atoms with Crippen molar-refractivity contribution < 1.29 is 9.13 Å². The third kappa shape index (κ3) is 2.21. The summed E-state index contributed by atoms with van der Waals surface area (Å²) < 4.78 is 21.3. The van der Waals surface area contributed by atoms with Gasteiger partial charge in [-0.3, -0.25) is 0 Å². The molecule has 20 heavy (non-hydrogen) atoms. The molecule has 0 N–H and O–H groups in total. The Bertz CT molecular complexity index is 634. The van der Waals surface area contributed by atoms with Gasteiger partial charge in [0.05, 0.1) is 23.5 Å². The SMILES string of the molecule is Cc1cc2c(cc1F)nc(CCl)n2C(C)C1CCOC1. The van der Waals surface area contributed by atoms with Crippen molar-refractivity contribution in [3.63, 3.8) is 0 Å². The van der Waals surface area contributed by atoms with E-state index in [1.54, 1.807) is 6.92 Å². The molecule has 0 amide bonds. The molecule has 0 spiro atoms. The number of ether oxygens (including phenoxy) is 1. The van der Waals surface area contributed by atoms with E-state index < -0.39 is 0 Å². The first kappa shape index (κ1) is 13.8. The topological polar surface area (TPSA) is 27.1 Å². The second-order valence-corrected chi connectivity index (χ2v) is 5.75. The highest BCUT2D eigenvalue weighted by atomic mass is 35.5. The van der Waals surface area contributed by atoms with Gasteiger partial charge in [0.1, 0.15) is 11.6 Å². The van der Waals surface area contributed by atoms with Crippen LogP contribution in [0.5, 0.6) is 0 Å². The van der Waals surface area contributed by atoms with Crippen molar-refractivity contribution in [2.45, 2.75) is 32.2 Å². The molecule has 1 aliphatic rings.